The van der Waals surface area contributed by atoms with Crippen LogP contribution in [0.15, 0.2) is 24.3 Å². The molecule has 0 saturated carbocycles. The molecule has 0 unspecified atom stereocenters. The molecule has 1 saturated heterocycles. The summed E-state index contributed by atoms with van der Waals surface area (Å²) in [6, 6.07) is 7.56. The first-order valence-electron chi connectivity index (χ1n) is 9.96. The van der Waals surface area contributed by atoms with Gasteiger partial charge in [-0.3, -0.25) is 4.79 Å². The van der Waals surface area contributed by atoms with Crippen LogP contribution in [-0.4, -0.2) is 54.5 Å². The summed E-state index contributed by atoms with van der Waals surface area (Å²) in [6.07, 6.45) is 5.37. The molecule has 1 atom stereocenters. The monoisotopic (exact) mass is 370 g/mol. The van der Waals surface area contributed by atoms with E-state index in [0.29, 0.717) is 19.5 Å². The second-order valence-corrected chi connectivity index (χ2v) is 7.73. The van der Waals surface area contributed by atoms with E-state index in [0.717, 1.165) is 35.2 Å². The number of hydrogen-bond acceptors (Lipinski definition) is 3. The Morgan fingerprint density at radius 3 is 2.67 bits per heavy atom. The summed E-state index contributed by atoms with van der Waals surface area (Å²) < 4.78 is 5.03. The van der Waals surface area contributed by atoms with Crippen LogP contribution in [0.4, 0.5) is 0 Å². The number of aromatic amines is 1. The number of carbonyl (C=O) groups excluding carboxylic acids is 2. The number of nitrogens with one attached hydrogen (secondary N) is 2. The van der Waals surface area contributed by atoms with Crippen LogP contribution in [0.25, 0.3) is 10.9 Å². The predicted octanol–water partition coefficient (Wildman–Crippen LogP) is 1.05. The molecular weight excluding hydrogens is 342 g/mol. The van der Waals surface area contributed by atoms with Crippen molar-refractivity contribution < 1.29 is 19.2 Å². The van der Waals surface area contributed by atoms with Crippen molar-refractivity contribution >= 4 is 22.8 Å². The van der Waals surface area contributed by atoms with Gasteiger partial charge in [0.2, 0.25) is 0 Å². The maximum atomic E-state index is 13.1. The predicted molar refractivity (Wildman–Crippen MR) is 102 cm³/mol. The van der Waals surface area contributed by atoms with Gasteiger partial charge in [-0.1, -0.05) is 18.2 Å². The van der Waals surface area contributed by atoms with Crippen molar-refractivity contribution in [1.29, 1.82) is 0 Å². The van der Waals surface area contributed by atoms with Crippen LogP contribution in [0.5, 0.6) is 0 Å². The zero-order valence-corrected chi connectivity index (χ0v) is 15.9. The Labute approximate surface area is 159 Å². The van der Waals surface area contributed by atoms with Gasteiger partial charge in [-0.05, 0) is 37.3 Å². The molecule has 2 aliphatic rings. The zero-order chi connectivity index (χ0) is 18.8. The number of carbonyl (C=O) groups is 2. The van der Waals surface area contributed by atoms with Gasteiger partial charge >= 0.3 is 5.97 Å². The quantitative estimate of drug-likeness (QED) is 0.794. The van der Waals surface area contributed by atoms with Gasteiger partial charge in [-0.25, -0.2) is 4.79 Å². The van der Waals surface area contributed by atoms with Gasteiger partial charge in [-0.2, -0.15) is 0 Å². The molecule has 2 aliphatic heterocycles. The molecule has 0 spiro atoms. The second kappa shape index (κ2) is 7.72. The van der Waals surface area contributed by atoms with Crippen LogP contribution >= 0.6 is 0 Å². The van der Waals surface area contributed by atoms with Crippen LogP contribution in [-0.2, 0) is 27.3 Å². The maximum Gasteiger partial charge on any atom is 0.328 e. The van der Waals surface area contributed by atoms with Crippen LogP contribution in [0.1, 0.15) is 36.9 Å². The number of hydrogen-bond donors (Lipinski definition) is 2. The molecule has 6 nitrogen and oxygen atoms in total. The van der Waals surface area contributed by atoms with Crippen LogP contribution in [0.3, 0.4) is 0 Å². The molecule has 0 bridgehead atoms. The van der Waals surface area contributed by atoms with Crippen molar-refractivity contribution in [2.45, 2.75) is 44.7 Å². The number of nitrogens with zero attached hydrogens (tertiary/aromatic N) is 1. The third kappa shape index (κ3) is 3.58. The number of rotatable bonds is 3. The lowest BCUT2D eigenvalue weighted by atomic mass is 9.96. The van der Waals surface area contributed by atoms with E-state index in [1.165, 1.54) is 37.7 Å². The highest BCUT2D eigenvalue weighted by Crippen LogP contribution is 2.30. The van der Waals surface area contributed by atoms with Gasteiger partial charge < -0.3 is 19.5 Å². The minimum absolute atomic E-state index is 0.0478. The summed E-state index contributed by atoms with van der Waals surface area (Å²) in [5.74, 6) is -0.281. The van der Waals surface area contributed by atoms with Crippen molar-refractivity contribution in [1.82, 2.24) is 9.88 Å². The van der Waals surface area contributed by atoms with E-state index >= 15 is 0 Å². The van der Waals surface area contributed by atoms with E-state index in [1.807, 2.05) is 18.2 Å². The van der Waals surface area contributed by atoms with Gasteiger partial charge in [-0.15, -0.1) is 0 Å². The Balaban J connectivity index is 1.59. The summed E-state index contributed by atoms with van der Waals surface area (Å²) in [5, 5.41) is 1.13. The standard InChI is InChI=1S/C21H27N3O3/c1-27-21(26)19-12-16-15-8-4-5-9-17(15)22-18(16)13-24(19)20(25)14-23-10-6-2-3-7-11-23/h4-5,8-9,19,22H,2-3,6-7,10-14H2,1H3/p+1/t19-/m0/s1. The van der Waals surface area contributed by atoms with Crippen molar-refractivity contribution in [3.8, 4) is 0 Å². The average molecular weight is 370 g/mol. The molecule has 1 aromatic heterocycles. The number of esters is 1. The fourth-order valence-electron chi connectivity index (χ4n) is 4.54. The Bertz CT molecular complexity index is 836. The first-order valence-corrected chi connectivity index (χ1v) is 9.96. The van der Waals surface area contributed by atoms with E-state index in [-0.39, 0.29) is 11.9 Å². The summed E-state index contributed by atoms with van der Waals surface area (Å²) >= 11 is 0. The van der Waals surface area contributed by atoms with Crippen LogP contribution < -0.4 is 4.90 Å². The van der Waals surface area contributed by atoms with Crippen molar-refractivity contribution in [2.75, 3.05) is 26.7 Å². The molecule has 6 heteroatoms. The molecule has 0 aliphatic carbocycles. The molecule has 2 aromatic rings. The number of amides is 1. The summed E-state index contributed by atoms with van der Waals surface area (Å²) in [4.78, 5) is 32.1. The molecule has 1 fully saturated rings. The zero-order valence-electron chi connectivity index (χ0n) is 15.9. The largest absolute Gasteiger partial charge is 0.467 e. The van der Waals surface area contributed by atoms with Crippen molar-refractivity contribution in [3.63, 3.8) is 0 Å². The number of ether oxygens (including phenoxy) is 1. The molecule has 1 amide bonds. The number of likely N-dealkylation sites (tertiary alicyclic amines) is 1. The number of methoxy groups -OCH3 is 1. The molecule has 144 valence electrons. The first kappa shape index (κ1) is 18.0. The highest BCUT2D eigenvalue weighted by atomic mass is 16.5. The average Bonchev–Trinajstić information content (AvgIpc) is 2.85. The number of benzene rings is 1. The SMILES string of the molecule is COC(=O)[C@@H]1Cc2c([nH]c3ccccc23)CN1C(=O)C[NH+]1CCCCCC1. The fraction of sp³-hybridized carbons (Fsp3) is 0.524. The van der Waals surface area contributed by atoms with E-state index in [1.54, 1.807) is 4.90 Å². The minimum Gasteiger partial charge on any atom is -0.467 e. The molecule has 4 rings (SSSR count). The Hall–Kier alpha value is -2.34. The second-order valence-electron chi connectivity index (χ2n) is 7.73. The summed E-state index contributed by atoms with van der Waals surface area (Å²) in [5.41, 5.74) is 3.22. The third-order valence-electron chi connectivity index (χ3n) is 6.01. The Morgan fingerprint density at radius 1 is 1.19 bits per heavy atom. The van der Waals surface area contributed by atoms with E-state index in [9.17, 15) is 9.59 Å². The summed E-state index contributed by atoms with van der Waals surface area (Å²) in [6.45, 7) is 2.99. The molecule has 2 N–H and O–H groups in total. The van der Waals surface area contributed by atoms with Gasteiger partial charge in [0.25, 0.3) is 5.91 Å². The number of quaternary nitrogens is 1. The Kier molecular flexibility index (Phi) is 5.16. The Morgan fingerprint density at radius 2 is 1.93 bits per heavy atom. The van der Waals surface area contributed by atoms with Gasteiger partial charge in [0, 0.05) is 23.0 Å². The lowest BCUT2D eigenvalue weighted by Gasteiger charge is -2.34. The number of para-hydroxylation sites is 1. The number of aromatic nitrogens is 1. The maximum absolute atomic E-state index is 13.1. The highest BCUT2D eigenvalue weighted by Gasteiger charge is 2.38. The van der Waals surface area contributed by atoms with Gasteiger partial charge in [0.05, 0.1) is 26.7 Å². The first-order chi connectivity index (χ1) is 13.2. The smallest absolute Gasteiger partial charge is 0.328 e. The molecule has 3 heterocycles. The van der Waals surface area contributed by atoms with Crippen LogP contribution in [0, 0.1) is 0 Å². The molecule has 0 radical (unpaired) electrons. The third-order valence-corrected chi connectivity index (χ3v) is 6.01. The van der Waals surface area contributed by atoms with Crippen molar-refractivity contribution in [3.05, 3.63) is 35.5 Å². The molecule has 1 aromatic carbocycles. The minimum atomic E-state index is -0.541. The highest BCUT2D eigenvalue weighted by molar-refractivity contribution is 5.90. The normalized spacial score (nSPS) is 20.9. The van der Waals surface area contributed by atoms with E-state index in [4.69, 9.17) is 4.74 Å². The molecule has 27 heavy (non-hydrogen) atoms. The lowest BCUT2D eigenvalue weighted by molar-refractivity contribution is -0.891. The van der Waals surface area contributed by atoms with Crippen molar-refractivity contribution in [2.24, 2.45) is 0 Å². The van der Waals surface area contributed by atoms with Gasteiger partial charge in [0.15, 0.2) is 6.54 Å². The van der Waals surface area contributed by atoms with E-state index < -0.39 is 6.04 Å². The van der Waals surface area contributed by atoms with Gasteiger partial charge in [0.1, 0.15) is 6.04 Å². The fourth-order valence-corrected chi connectivity index (χ4v) is 4.54. The van der Waals surface area contributed by atoms with E-state index in [2.05, 4.69) is 11.1 Å². The lowest BCUT2D eigenvalue weighted by Crippen LogP contribution is -3.13. The topological polar surface area (TPSA) is 66.8 Å². The number of fused-ring (bicyclic) bond motifs is 3. The van der Waals surface area contributed by atoms with Crippen LogP contribution in [0.2, 0.25) is 0 Å². The molecular formula is C21H28N3O3+. The number of H-pyrrole nitrogens is 1. The summed E-state index contributed by atoms with van der Waals surface area (Å²) in [7, 11) is 1.40.